The maximum Gasteiger partial charge on any atom is 0.422 e. The number of aryl methyl sites for hydroxylation is 1. The first-order valence-electron chi connectivity index (χ1n) is 11.4. The molecule has 0 aromatic carbocycles. The van der Waals surface area contributed by atoms with E-state index in [0.29, 0.717) is 31.7 Å². The summed E-state index contributed by atoms with van der Waals surface area (Å²) in [4.78, 5) is 28.5. The Labute approximate surface area is 211 Å². The molecule has 0 unspecified atom stereocenters. The van der Waals surface area contributed by atoms with Gasteiger partial charge in [-0.25, -0.2) is 4.79 Å². The van der Waals surface area contributed by atoms with E-state index in [4.69, 9.17) is 13.7 Å². The van der Waals surface area contributed by atoms with Crippen molar-refractivity contribution in [3.63, 3.8) is 0 Å². The summed E-state index contributed by atoms with van der Waals surface area (Å²) in [7, 11) is 0. The van der Waals surface area contributed by atoms with Crippen molar-refractivity contribution in [2.75, 3.05) is 29.9 Å². The van der Waals surface area contributed by atoms with Crippen molar-refractivity contribution in [1.82, 2.24) is 24.9 Å². The van der Waals surface area contributed by atoms with Gasteiger partial charge in [0.2, 0.25) is 11.9 Å². The zero-order valence-corrected chi connectivity index (χ0v) is 20.4. The number of nitrogens with zero attached hydrogens (tertiary/aromatic N) is 6. The summed E-state index contributed by atoms with van der Waals surface area (Å²) >= 11 is 1.40. The highest BCUT2D eigenvalue weighted by Gasteiger charge is 2.30. The van der Waals surface area contributed by atoms with Crippen LogP contribution in [0.2, 0.25) is 0 Å². The molecule has 4 aromatic rings. The molecule has 1 aliphatic heterocycles. The van der Waals surface area contributed by atoms with Crippen molar-refractivity contribution in [2.45, 2.75) is 38.5 Å². The molecule has 0 atom stereocenters. The van der Waals surface area contributed by atoms with E-state index in [1.54, 1.807) is 25.1 Å². The second-order valence-corrected chi connectivity index (χ2v) is 9.28. The average Bonchev–Trinajstić information content (AvgIpc) is 3.62. The Bertz CT molecular complexity index is 1390. The Morgan fingerprint density at radius 3 is 2.68 bits per heavy atom. The summed E-state index contributed by atoms with van der Waals surface area (Å²) in [6, 6.07) is 6.59. The zero-order chi connectivity index (χ0) is 26.0. The van der Waals surface area contributed by atoms with E-state index in [1.807, 2.05) is 16.3 Å². The molecule has 1 aliphatic rings. The Balaban J connectivity index is 1.29. The van der Waals surface area contributed by atoms with Crippen LogP contribution in [0.15, 0.2) is 43.4 Å². The fraction of sp³-hybridized carbons (Fsp3) is 0.409. The van der Waals surface area contributed by atoms with Crippen LogP contribution in [0.3, 0.4) is 0 Å². The molecule has 1 saturated heterocycles. The minimum atomic E-state index is -4.54. The molecule has 15 heteroatoms. The number of hydrogen-bond acceptors (Lipinski definition) is 11. The van der Waals surface area contributed by atoms with Crippen LogP contribution in [0.4, 0.5) is 25.1 Å². The summed E-state index contributed by atoms with van der Waals surface area (Å²) in [6.45, 7) is 1.39. The van der Waals surface area contributed by atoms with Crippen molar-refractivity contribution in [2.24, 2.45) is 0 Å². The molecule has 1 fully saturated rings. The Hall–Kier alpha value is -3.88. The number of rotatable bonds is 8. The lowest BCUT2D eigenvalue weighted by molar-refractivity contribution is -0.154. The molecule has 4 aromatic heterocycles. The van der Waals surface area contributed by atoms with E-state index in [9.17, 15) is 18.0 Å². The predicted molar refractivity (Wildman–Crippen MR) is 127 cm³/mol. The number of thiophene rings is 1. The van der Waals surface area contributed by atoms with Crippen LogP contribution >= 0.6 is 11.3 Å². The van der Waals surface area contributed by atoms with Gasteiger partial charge >= 0.3 is 17.8 Å². The smallest absolute Gasteiger partial charge is 0.422 e. The van der Waals surface area contributed by atoms with Crippen LogP contribution in [0, 0.1) is 6.92 Å². The molecular formula is C22H22F3N7O4S. The van der Waals surface area contributed by atoms with Gasteiger partial charge in [-0.05, 0) is 43.3 Å². The van der Waals surface area contributed by atoms with Crippen molar-refractivity contribution in [1.29, 1.82) is 0 Å². The monoisotopic (exact) mass is 537 g/mol. The van der Waals surface area contributed by atoms with E-state index in [1.165, 1.54) is 16.2 Å². The van der Waals surface area contributed by atoms with Crippen molar-refractivity contribution in [3.8, 4) is 16.6 Å². The van der Waals surface area contributed by atoms with Crippen molar-refractivity contribution in [3.05, 3.63) is 51.6 Å². The minimum absolute atomic E-state index is 0.0528. The third kappa shape index (κ3) is 6.10. The molecular weight excluding hydrogens is 515 g/mol. The number of halogens is 3. The lowest BCUT2D eigenvalue weighted by Crippen LogP contribution is -2.36. The maximum absolute atomic E-state index is 12.7. The van der Waals surface area contributed by atoms with Gasteiger partial charge in [-0.1, -0.05) is 6.07 Å². The van der Waals surface area contributed by atoms with Gasteiger partial charge in [-0.2, -0.15) is 28.1 Å². The minimum Gasteiger partial charge on any atom is -0.465 e. The topological polar surface area (TPSA) is 124 Å². The highest BCUT2D eigenvalue weighted by atomic mass is 32.1. The van der Waals surface area contributed by atoms with Crippen molar-refractivity contribution >= 4 is 23.2 Å². The van der Waals surface area contributed by atoms with Gasteiger partial charge in [0.1, 0.15) is 11.5 Å². The first kappa shape index (κ1) is 24.8. The summed E-state index contributed by atoms with van der Waals surface area (Å²) in [5, 5.41) is 9.14. The van der Waals surface area contributed by atoms with E-state index in [-0.39, 0.29) is 30.2 Å². The van der Waals surface area contributed by atoms with Crippen molar-refractivity contribution < 1.29 is 26.8 Å². The second kappa shape index (κ2) is 10.2. The molecule has 0 aliphatic carbocycles. The molecule has 11 nitrogen and oxygen atoms in total. The van der Waals surface area contributed by atoms with E-state index < -0.39 is 24.4 Å². The van der Waals surface area contributed by atoms with Gasteiger partial charge in [0.15, 0.2) is 12.3 Å². The number of furan rings is 1. The molecule has 5 rings (SSSR count). The molecule has 0 bridgehead atoms. The number of piperidine rings is 1. The van der Waals surface area contributed by atoms with E-state index in [0.717, 1.165) is 10.6 Å². The van der Waals surface area contributed by atoms with Crippen LogP contribution in [-0.4, -0.2) is 50.8 Å². The molecule has 0 saturated carbocycles. The highest BCUT2D eigenvalue weighted by molar-refractivity contribution is 7.13. The standard InChI is InChI=1S/C22H22F3N7O4S/c1-13-4-5-15(35-13)11-26-19-27-20(29-21(28-19)34-12-22(23,24)25)31-8-6-14(7-9-31)32-30-17(18(33)36-32)16-3-2-10-37-16/h2-5,10,14H,6-9,11-12H2,1H3,(H,26,27,28,29). The maximum atomic E-state index is 12.7. The van der Waals surface area contributed by atoms with Gasteiger partial charge in [0.05, 0.1) is 17.5 Å². The lowest BCUT2D eigenvalue weighted by atomic mass is 10.1. The number of hydrogen-bond donors (Lipinski definition) is 1. The molecule has 0 amide bonds. The van der Waals surface area contributed by atoms with Gasteiger partial charge in [-0.3, -0.25) is 0 Å². The second-order valence-electron chi connectivity index (χ2n) is 8.34. The first-order chi connectivity index (χ1) is 17.7. The molecule has 196 valence electrons. The van der Waals surface area contributed by atoms with Gasteiger partial charge in [-0.15, -0.1) is 21.3 Å². The molecule has 37 heavy (non-hydrogen) atoms. The highest BCUT2D eigenvalue weighted by Crippen LogP contribution is 2.27. The van der Waals surface area contributed by atoms with Gasteiger partial charge in [0, 0.05) is 13.1 Å². The average molecular weight is 538 g/mol. The fourth-order valence-corrected chi connectivity index (χ4v) is 4.51. The first-order valence-corrected chi connectivity index (χ1v) is 12.3. The molecule has 0 radical (unpaired) electrons. The van der Waals surface area contributed by atoms with Crippen LogP contribution in [0.5, 0.6) is 6.01 Å². The zero-order valence-electron chi connectivity index (χ0n) is 19.6. The lowest BCUT2D eigenvalue weighted by Gasteiger charge is -2.31. The summed E-state index contributed by atoms with van der Waals surface area (Å²) in [5.74, 6) is 1.56. The Morgan fingerprint density at radius 2 is 2.00 bits per heavy atom. The third-order valence-electron chi connectivity index (χ3n) is 5.57. The molecule has 0 spiro atoms. The third-order valence-corrected chi connectivity index (χ3v) is 6.44. The number of nitrogens with one attached hydrogen (secondary N) is 1. The Morgan fingerprint density at radius 1 is 1.19 bits per heavy atom. The molecule has 1 N–H and O–H groups in total. The number of ether oxygens (including phenoxy) is 1. The summed E-state index contributed by atoms with van der Waals surface area (Å²) in [5.41, 5.74) is -0.236. The van der Waals surface area contributed by atoms with Gasteiger partial charge in [0.25, 0.3) is 0 Å². The number of aromatic nitrogens is 5. The molecule has 5 heterocycles. The van der Waals surface area contributed by atoms with E-state index >= 15 is 0 Å². The Kier molecular flexibility index (Phi) is 6.86. The summed E-state index contributed by atoms with van der Waals surface area (Å²) < 4.78 is 53.8. The summed E-state index contributed by atoms with van der Waals surface area (Å²) in [6.07, 6.45) is -3.44. The fourth-order valence-electron chi connectivity index (χ4n) is 3.82. The van der Waals surface area contributed by atoms with E-state index in [2.05, 4.69) is 25.4 Å². The predicted octanol–water partition coefficient (Wildman–Crippen LogP) is 4.05. The largest absolute Gasteiger partial charge is 0.465 e. The van der Waals surface area contributed by atoms with Crippen LogP contribution in [-0.2, 0) is 6.54 Å². The SMILES string of the molecule is Cc1ccc(CNc2nc(OCC(F)(F)F)nc(N3CCC(n4nc(-c5cccs5)c(=O)o4)CC3)n2)o1. The van der Waals surface area contributed by atoms with Crippen LogP contribution in [0.25, 0.3) is 10.6 Å². The van der Waals surface area contributed by atoms with Crippen LogP contribution in [0.1, 0.15) is 30.4 Å². The normalized spacial score (nSPS) is 14.8. The quantitative estimate of drug-likeness (QED) is 0.352. The van der Waals surface area contributed by atoms with Gasteiger partial charge < -0.3 is 23.9 Å². The van der Waals surface area contributed by atoms with Crippen LogP contribution < -0.4 is 20.6 Å². The number of anilines is 2. The number of alkyl halides is 3.